The number of nitrogens with one attached hydrogen (secondary N) is 1. The van der Waals surface area contributed by atoms with Crippen LogP contribution in [-0.2, 0) is 0 Å². The lowest BCUT2D eigenvalue weighted by Crippen LogP contribution is -2.37. The van der Waals surface area contributed by atoms with E-state index in [1.54, 1.807) is 18.2 Å². The minimum absolute atomic E-state index is 0.0489. The van der Waals surface area contributed by atoms with Gasteiger partial charge in [0, 0.05) is 17.2 Å². The van der Waals surface area contributed by atoms with E-state index in [0.717, 1.165) is 0 Å². The number of aromatic nitrogens is 4. The van der Waals surface area contributed by atoms with E-state index < -0.39 is 16.9 Å². The van der Waals surface area contributed by atoms with E-state index in [9.17, 15) is 14.0 Å². The van der Waals surface area contributed by atoms with Crippen LogP contribution in [0.5, 0.6) is 0 Å². The molecule has 2 heterocycles. The molecule has 0 radical (unpaired) electrons. The Morgan fingerprint density at radius 1 is 1.14 bits per heavy atom. The van der Waals surface area contributed by atoms with Gasteiger partial charge in [0.25, 0.3) is 5.89 Å². The number of aromatic amines is 1. The van der Waals surface area contributed by atoms with Crippen molar-refractivity contribution < 1.29 is 8.91 Å². The second-order valence-electron chi connectivity index (χ2n) is 6.51. The first-order chi connectivity index (χ1) is 13.3. The maximum atomic E-state index is 13.3. The average molecular weight is 401 g/mol. The number of fused-ring (bicyclic) bond motifs is 1. The molecule has 0 fully saturated rings. The number of rotatable bonds is 3. The second kappa shape index (κ2) is 6.72. The fourth-order valence-corrected chi connectivity index (χ4v) is 3.16. The minimum atomic E-state index is -0.701. The van der Waals surface area contributed by atoms with E-state index in [4.69, 9.17) is 16.1 Å². The summed E-state index contributed by atoms with van der Waals surface area (Å²) in [6.07, 6.45) is 0. The van der Waals surface area contributed by atoms with Crippen molar-refractivity contribution >= 4 is 22.6 Å². The first-order valence-corrected chi connectivity index (χ1v) is 8.81. The van der Waals surface area contributed by atoms with Crippen LogP contribution in [0.25, 0.3) is 33.9 Å². The molecular formula is C19H14ClFN4O3. The SMILES string of the molecule is CC(C)n1c(=O)c(=O)[nH]c2cc(-c3noc(-c4ccc(F)c(Cl)c4)n3)ccc21. The molecule has 0 unspecified atom stereocenters. The highest BCUT2D eigenvalue weighted by Gasteiger charge is 2.15. The van der Waals surface area contributed by atoms with E-state index >= 15 is 0 Å². The lowest BCUT2D eigenvalue weighted by molar-refractivity contribution is 0.432. The van der Waals surface area contributed by atoms with E-state index in [1.165, 1.54) is 22.8 Å². The highest BCUT2D eigenvalue weighted by Crippen LogP contribution is 2.27. The Balaban J connectivity index is 1.81. The Kier molecular flexibility index (Phi) is 4.35. The van der Waals surface area contributed by atoms with Gasteiger partial charge < -0.3 is 9.51 Å². The summed E-state index contributed by atoms with van der Waals surface area (Å²) in [4.78, 5) is 31.0. The van der Waals surface area contributed by atoms with Gasteiger partial charge in [0.05, 0.1) is 16.1 Å². The maximum absolute atomic E-state index is 13.3. The molecule has 0 spiro atoms. The predicted octanol–water partition coefficient (Wildman–Crippen LogP) is 3.78. The smallest absolute Gasteiger partial charge is 0.316 e. The maximum Gasteiger partial charge on any atom is 0.316 e. The summed E-state index contributed by atoms with van der Waals surface area (Å²) in [5.41, 5.74) is 0.830. The van der Waals surface area contributed by atoms with Gasteiger partial charge in [-0.25, -0.2) is 4.39 Å². The number of hydrogen-bond acceptors (Lipinski definition) is 5. The van der Waals surface area contributed by atoms with E-state index in [-0.39, 0.29) is 22.8 Å². The van der Waals surface area contributed by atoms with Crippen LogP contribution in [0.3, 0.4) is 0 Å². The number of benzene rings is 2. The quantitative estimate of drug-likeness (QED) is 0.528. The monoisotopic (exact) mass is 400 g/mol. The zero-order valence-corrected chi connectivity index (χ0v) is 15.6. The van der Waals surface area contributed by atoms with E-state index in [2.05, 4.69) is 15.1 Å². The van der Waals surface area contributed by atoms with Gasteiger partial charge in [0.2, 0.25) is 5.82 Å². The van der Waals surface area contributed by atoms with Crippen LogP contribution >= 0.6 is 11.6 Å². The van der Waals surface area contributed by atoms with Crippen LogP contribution in [0.2, 0.25) is 5.02 Å². The molecule has 0 aliphatic rings. The molecule has 0 aliphatic heterocycles. The standard InChI is InChI=1S/C19H14ClFN4O3/c1-9(2)25-15-6-4-10(8-14(15)22-17(26)19(25)27)16-23-18(28-24-16)11-3-5-13(21)12(20)7-11/h3-9H,1-2H3,(H,22,26). The Morgan fingerprint density at radius 2 is 1.89 bits per heavy atom. The van der Waals surface area contributed by atoms with E-state index in [1.807, 2.05) is 13.8 Å². The number of nitrogens with zero attached hydrogens (tertiary/aromatic N) is 3. The molecule has 28 heavy (non-hydrogen) atoms. The van der Waals surface area contributed by atoms with Gasteiger partial charge in [-0.15, -0.1) is 0 Å². The van der Waals surface area contributed by atoms with Crippen molar-refractivity contribution in [2.75, 3.05) is 0 Å². The summed E-state index contributed by atoms with van der Waals surface area (Å²) in [5.74, 6) is -0.0852. The van der Waals surface area contributed by atoms with Crippen molar-refractivity contribution in [3.63, 3.8) is 0 Å². The molecule has 0 aliphatic carbocycles. The highest BCUT2D eigenvalue weighted by molar-refractivity contribution is 6.31. The van der Waals surface area contributed by atoms with Crippen molar-refractivity contribution in [1.29, 1.82) is 0 Å². The summed E-state index contributed by atoms with van der Waals surface area (Å²) in [5, 5.41) is 3.89. The van der Waals surface area contributed by atoms with Gasteiger partial charge >= 0.3 is 11.1 Å². The molecular weight excluding hydrogens is 387 g/mol. The third-order valence-electron chi connectivity index (χ3n) is 4.28. The van der Waals surface area contributed by atoms with Crippen molar-refractivity contribution in [2.45, 2.75) is 19.9 Å². The van der Waals surface area contributed by atoms with Crippen molar-refractivity contribution in [2.24, 2.45) is 0 Å². The molecule has 0 saturated heterocycles. The first-order valence-electron chi connectivity index (χ1n) is 8.43. The molecule has 9 heteroatoms. The van der Waals surface area contributed by atoms with Crippen molar-refractivity contribution in [1.82, 2.24) is 19.7 Å². The van der Waals surface area contributed by atoms with Gasteiger partial charge in [-0.1, -0.05) is 16.8 Å². The summed E-state index contributed by atoms with van der Waals surface area (Å²) in [6, 6.07) is 9.03. The summed E-state index contributed by atoms with van der Waals surface area (Å²) in [6.45, 7) is 3.65. The molecule has 0 atom stereocenters. The van der Waals surface area contributed by atoms with Crippen LogP contribution in [0.15, 0.2) is 50.5 Å². The largest absolute Gasteiger partial charge is 0.334 e. The zero-order valence-electron chi connectivity index (χ0n) is 14.9. The van der Waals surface area contributed by atoms with Crippen LogP contribution < -0.4 is 11.1 Å². The average Bonchev–Trinajstić information content (AvgIpc) is 3.14. The van der Waals surface area contributed by atoms with Gasteiger partial charge in [-0.3, -0.25) is 14.2 Å². The van der Waals surface area contributed by atoms with Crippen LogP contribution in [0.4, 0.5) is 4.39 Å². The van der Waals surface area contributed by atoms with Gasteiger partial charge in [-0.05, 0) is 50.2 Å². The topological polar surface area (TPSA) is 93.8 Å². The number of H-pyrrole nitrogens is 1. The summed E-state index contributed by atoms with van der Waals surface area (Å²) < 4.78 is 20.0. The third kappa shape index (κ3) is 3.01. The van der Waals surface area contributed by atoms with Crippen molar-refractivity contribution in [3.8, 4) is 22.8 Å². The normalized spacial score (nSPS) is 11.5. The first kappa shape index (κ1) is 18.1. The third-order valence-corrected chi connectivity index (χ3v) is 4.57. The Labute approximate surface area is 162 Å². The molecule has 142 valence electrons. The molecule has 2 aromatic carbocycles. The predicted molar refractivity (Wildman–Crippen MR) is 103 cm³/mol. The molecule has 2 aromatic heterocycles. The molecule has 0 bridgehead atoms. The number of hydrogen-bond donors (Lipinski definition) is 1. The molecule has 1 N–H and O–H groups in total. The zero-order chi connectivity index (χ0) is 20.0. The fraction of sp³-hybridized carbons (Fsp3) is 0.158. The highest BCUT2D eigenvalue weighted by atomic mass is 35.5. The molecule has 7 nitrogen and oxygen atoms in total. The Morgan fingerprint density at radius 3 is 2.61 bits per heavy atom. The van der Waals surface area contributed by atoms with Crippen LogP contribution in [0, 0.1) is 5.82 Å². The van der Waals surface area contributed by atoms with E-state index in [0.29, 0.717) is 22.2 Å². The Bertz CT molecular complexity index is 1320. The number of halogens is 2. The van der Waals surface area contributed by atoms with Gasteiger partial charge in [-0.2, -0.15) is 4.98 Å². The second-order valence-corrected chi connectivity index (χ2v) is 6.91. The van der Waals surface area contributed by atoms with Gasteiger partial charge in [0.15, 0.2) is 0 Å². The van der Waals surface area contributed by atoms with Gasteiger partial charge in [0.1, 0.15) is 5.82 Å². The molecule has 0 amide bonds. The molecule has 0 saturated carbocycles. The molecule has 4 aromatic rings. The van der Waals surface area contributed by atoms with Crippen LogP contribution in [-0.4, -0.2) is 19.7 Å². The minimum Gasteiger partial charge on any atom is -0.334 e. The Hall–Kier alpha value is -3.26. The van der Waals surface area contributed by atoms with Crippen molar-refractivity contribution in [3.05, 3.63) is 67.9 Å². The lowest BCUT2D eigenvalue weighted by atomic mass is 10.1. The van der Waals surface area contributed by atoms with Crippen LogP contribution in [0.1, 0.15) is 19.9 Å². The fourth-order valence-electron chi connectivity index (χ4n) is 2.98. The summed E-state index contributed by atoms with van der Waals surface area (Å²) >= 11 is 5.79. The molecule has 4 rings (SSSR count). The summed E-state index contributed by atoms with van der Waals surface area (Å²) in [7, 11) is 0. The lowest BCUT2D eigenvalue weighted by Gasteiger charge is -2.13.